The Labute approximate surface area is 128 Å². The summed E-state index contributed by atoms with van der Waals surface area (Å²) in [6.07, 6.45) is 2.36. The molecular weight excluding hydrogens is 284 g/mol. The van der Waals surface area contributed by atoms with Crippen LogP contribution in [0.25, 0.3) is 0 Å². The van der Waals surface area contributed by atoms with Crippen molar-refractivity contribution in [3.05, 3.63) is 53.5 Å². The first kappa shape index (κ1) is 15.6. The molecule has 0 saturated carbocycles. The summed E-state index contributed by atoms with van der Waals surface area (Å²) in [5.41, 5.74) is 6.15. The molecule has 0 aliphatic rings. The van der Waals surface area contributed by atoms with E-state index in [9.17, 15) is 9.59 Å². The molecule has 0 atom stereocenters. The molecule has 0 aliphatic carbocycles. The Balaban J connectivity index is 1.76. The number of carbonyl (C=O) groups is 2. The molecule has 0 bridgehead atoms. The van der Waals surface area contributed by atoms with E-state index in [1.54, 1.807) is 19.1 Å². The molecule has 0 saturated heterocycles. The fraction of sp³-hybridized carbons (Fsp3) is 0.250. The predicted molar refractivity (Wildman–Crippen MR) is 80.4 cm³/mol. The number of benzene rings is 1. The van der Waals surface area contributed by atoms with Gasteiger partial charge in [-0.25, -0.2) is 0 Å². The van der Waals surface area contributed by atoms with Gasteiger partial charge in [-0.3, -0.25) is 20.4 Å². The lowest BCUT2D eigenvalue weighted by atomic mass is 10.2. The summed E-state index contributed by atoms with van der Waals surface area (Å²) in [7, 11) is 0. The van der Waals surface area contributed by atoms with Crippen molar-refractivity contribution in [1.29, 1.82) is 0 Å². The zero-order valence-corrected chi connectivity index (χ0v) is 12.5. The number of hydrazine groups is 1. The van der Waals surface area contributed by atoms with Gasteiger partial charge in [0.25, 0.3) is 11.8 Å². The molecule has 2 amide bonds. The van der Waals surface area contributed by atoms with E-state index in [4.69, 9.17) is 9.15 Å². The maximum absolute atomic E-state index is 11.7. The fourth-order valence-electron chi connectivity index (χ4n) is 1.82. The number of amides is 2. The van der Waals surface area contributed by atoms with Gasteiger partial charge in [0.1, 0.15) is 11.5 Å². The van der Waals surface area contributed by atoms with E-state index in [1.165, 1.54) is 17.9 Å². The van der Waals surface area contributed by atoms with Gasteiger partial charge in [0.15, 0.2) is 6.61 Å². The minimum atomic E-state index is -0.450. The Bertz CT molecular complexity index is 646. The minimum absolute atomic E-state index is 0.184. The van der Waals surface area contributed by atoms with Gasteiger partial charge in [0.2, 0.25) is 0 Å². The van der Waals surface area contributed by atoms with Crippen molar-refractivity contribution in [2.45, 2.75) is 20.3 Å². The van der Waals surface area contributed by atoms with Crippen molar-refractivity contribution in [3.63, 3.8) is 0 Å². The lowest BCUT2D eigenvalue weighted by Gasteiger charge is -2.08. The van der Waals surface area contributed by atoms with Crippen molar-refractivity contribution in [2.24, 2.45) is 0 Å². The van der Waals surface area contributed by atoms with Gasteiger partial charge >= 0.3 is 0 Å². The molecule has 22 heavy (non-hydrogen) atoms. The van der Waals surface area contributed by atoms with Gasteiger partial charge in [0, 0.05) is 0 Å². The Hall–Kier alpha value is -2.76. The van der Waals surface area contributed by atoms with E-state index in [0.717, 1.165) is 6.42 Å². The molecule has 1 aromatic carbocycles. The molecule has 2 aromatic rings. The fourth-order valence-corrected chi connectivity index (χ4v) is 1.82. The molecular formula is C16H18N2O4. The maximum atomic E-state index is 11.7. The Morgan fingerprint density at radius 3 is 2.45 bits per heavy atom. The van der Waals surface area contributed by atoms with Crippen LogP contribution in [0.1, 0.15) is 28.6 Å². The van der Waals surface area contributed by atoms with Crippen LogP contribution in [0.2, 0.25) is 0 Å². The number of furan rings is 1. The van der Waals surface area contributed by atoms with Crippen LogP contribution in [0.3, 0.4) is 0 Å². The summed E-state index contributed by atoms with van der Waals surface area (Å²) in [4.78, 5) is 23.4. The quantitative estimate of drug-likeness (QED) is 0.828. The lowest BCUT2D eigenvalue weighted by Crippen LogP contribution is -2.43. The molecule has 1 heterocycles. The predicted octanol–water partition coefficient (Wildman–Crippen LogP) is 1.99. The second-order valence-corrected chi connectivity index (χ2v) is 4.68. The summed E-state index contributed by atoms with van der Waals surface area (Å²) in [5.74, 6) is 0.198. The summed E-state index contributed by atoms with van der Waals surface area (Å²) >= 11 is 0. The summed E-state index contributed by atoms with van der Waals surface area (Å²) in [5, 5.41) is 0. The third-order valence-electron chi connectivity index (χ3n) is 3.12. The van der Waals surface area contributed by atoms with E-state index in [-0.39, 0.29) is 6.61 Å². The molecule has 0 spiro atoms. The van der Waals surface area contributed by atoms with Crippen LogP contribution < -0.4 is 15.6 Å². The number of hydrogen-bond acceptors (Lipinski definition) is 4. The third-order valence-corrected chi connectivity index (χ3v) is 3.12. The molecule has 116 valence electrons. The van der Waals surface area contributed by atoms with E-state index in [0.29, 0.717) is 17.1 Å². The van der Waals surface area contributed by atoms with Crippen LogP contribution >= 0.6 is 0 Å². The molecule has 0 fully saturated rings. The number of rotatable bonds is 5. The highest BCUT2D eigenvalue weighted by Crippen LogP contribution is 2.12. The average Bonchev–Trinajstić information content (AvgIpc) is 2.97. The summed E-state index contributed by atoms with van der Waals surface area (Å²) in [6, 6.07) is 9.02. The maximum Gasteiger partial charge on any atom is 0.276 e. The number of ether oxygens (including phenoxy) is 1. The van der Waals surface area contributed by atoms with Crippen molar-refractivity contribution < 1.29 is 18.7 Å². The van der Waals surface area contributed by atoms with Crippen LogP contribution in [0.15, 0.2) is 41.0 Å². The smallest absolute Gasteiger partial charge is 0.276 e. The van der Waals surface area contributed by atoms with E-state index in [1.807, 2.05) is 12.1 Å². The van der Waals surface area contributed by atoms with Gasteiger partial charge in [-0.2, -0.15) is 0 Å². The SMILES string of the molecule is CCc1ccc(OCC(=O)NNC(=O)c2ccoc2C)cc1. The minimum Gasteiger partial charge on any atom is -0.484 e. The first-order valence-corrected chi connectivity index (χ1v) is 6.95. The summed E-state index contributed by atoms with van der Waals surface area (Å²) < 4.78 is 10.4. The van der Waals surface area contributed by atoms with Crippen molar-refractivity contribution in [2.75, 3.05) is 6.61 Å². The van der Waals surface area contributed by atoms with Gasteiger partial charge in [0.05, 0.1) is 11.8 Å². The van der Waals surface area contributed by atoms with Crippen LogP contribution in [-0.4, -0.2) is 18.4 Å². The Kier molecular flexibility index (Phi) is 5.19. The number of nitrogens with one attached hydrogen (secondary N) is 2. The topological polar surface area (TPSA) is 80.6 Å². The molecule has 0 aliphatic heterocycles. The molecule has 0 radical (unpaired) electrons. The third kappa shape index (κ3) is 4.12. The zero-order valence-electron chi connectivity index (χ0n) is 12.5. The van der Waals surface area contributed by atoms with Crippen molar-refractivity contribution >= 4 is 11.8 Å². The number of aryl methyl sites for hydroxylation is 2. The van der Waals surface area contributed by atoms with Gasteiger partial charge < -0.3 is 9.15 Å². The zero-order chi connectivity index (χ0) is 15.9. The standard InChI is InChI=1S/C16H18N2O4/c1-3-12-4-6-13(7-5-12)22-10-15(19)17-18-16(20)14-8-9-21-11(14)2/h4-9H,3,10H2,1-2H3,(H,17,19)(H,18,20). The first-order valence-electron chi connectivity index (χ1n) is 6.95. The molecule has 6 heteroatoms. The van der Waals surface area contributed by atoms with Gasteiger partial charge in [-0.05, 0) is 37.1 Å². The van der Waals surface area contributed by atoms with Gasteiger partial charge in [-0.1, -0.05) is 19.1 Å². The molecule has 1 aromatic heterocycles. The second-order valence-electron chi connectivity index (χ2n) is 4.68. The van der Waals surface area contributed by atoms with Crippen LogP contribution in [0.5, 0.6) is 5.75 Å². The van der Waals surface area contributed by atoms with E-state index < -0.39 is 11.8 Å². The highest BCUT2D eigenvalue weighted by Gasteiger charge is 2.12. The Morgan fingerprint density at radius 2 is 1.86 bits per heavy atom. The van der Waals surface area contributed by atoms with E-state index in [2.05, 4.69) is 17.8 Å². The van der Waals surface area contributed by atoms with Gasteiger partial charge in [-0.15, -0.1) is 0 Å². The molecule has 0 unspecified atom stereocenters. The monoisotopic (exact) mass is 302 g/mol. The second kappa shape index (κ2) is 7.31. The molecule has 2 N–H and O–H groups in total. The Morgan fingerprint density at radius 1 is 1.14 bits per heavy atom. The van der Waals surface area contributed by atoms with Crippen LogP contribution in [0, 0.1) is 6.92 Å². The van der Waals surface area contributed by atoms with Crippen molar-refractivity contribution in [1.82, 2.24) is 10.9 Å². The average molecular weight is 302 g/mol. The number of carbonyl (C=O) groups excluding carboxylic acids is 2. The first-order chi connectivity index (χ1) is 10.6. The largest absolute Gasteiger partial charge is 0.484 e. The highest BCUT2D eigenvalue weighted by atomic mass is 16.5. The highest BCUT2D eigenvalue weighted by molar-refractivity contribution is 5.96. The molecule has 2 rings (SSSR count). The normalized spacial score (nSPS) is 10.1. The molecule has 6 nitrogen and oxygen atoms in total. The van der Waals surface area contributed by atoms with Crippen LogP contribution in [-0.2, 0) is 11.2 Å². The summed E-state index contributed by atoms with van der Waals surface area (Å²) in [6.45, 7) is 3.55. The van der Waals surface area contributed by atoms with E-state index >= 15 is 0 Å². The lowest BCUT2D eigenvalue weighted by molar-refractivity contribution is -0.123. The number of hydrogen-bond donors (Lipinski definition) is 2. The van der Waals surface area contributed by atoms with Crippen LogP contribution in [0.4, 0.5) is 0 Å². The van der Waals surface area contributed by atoms with Crippen molar-refractivity contribution in [3.8, 4) is 5.75 Å².